The first kappa shape index (κ1) is 28.6. The third-order valence-corrected chi connectivity index (χ3v) is 6.29. The molecule has 1 aromatic rings. The van der Waals surface area contributed by atoms with Gasteiger partial charge >= 0.3 is 12.1 Å². The van der Waals surface area contributed by atoms with Crippen molar-refractivity contribution in [1.82, 2.24) is 4.90 Å². The van der Waals surface area contributed by atoms with Gasteiger partial charge in [-0.15, -0.1) is 0 Å². The summed E-state index contributed by atoms with van der Waals surface area (Å²) >= 11 is 0. The third-order valence-electron chi connectivity index (χ3n) is 6.29. The van der Waals surface area contributed by atoms with Crippen molar-refractivity contribution in [2.45, 2.75) is 78.1 Å². The molecule has 0 atom stereocenters. The normalized spacial score (nSPS) is 14.3. The van der Waals surface area contributed by atoms with Gasteiger partial charge in [-0.25, -0.2) is 4.79 Å². The lowest BCUT2D eigenvalue weighted by molar-refractivity contribution is -0.144. The second kappa shape index (κ2) is 16.9. The number of carbonyl (C=O) groups is 3. The number of nitrogens with zero attached hydrogens (tertiary/aromatic N) is 1. The summed E-state index contributed by atoms with van der Waals surface area (Å²) in [7, 11) is 0. The van der Waals surface area contributed by atoms with E-state index in [9.17, 15) is 14.4 Å². The summed E-state index contributed by atoms with van der Waals surface area (Å²) in [5.41, 5.74) is 1.33. The molecule has 35 heavy (non-hydrogen) atoms. The molecule has 0 spiro atoms. The van der Waals surface area contributed by atoms with Gasteiger partial charge in [-0.2, -0.15) is 0 Å². The van der Waals surface area contributed by atoms with E-state index in [1.54, 1.807) is 24.3 Å². The zero-order valence-corrected chi connectivity index (χ0v) is 21.5. The molecule has 1 aromatic carbocycles. The Kier molecular flexibility index (Phi) is 13.8. The number of carbonyl (C=O) groups excluding carboxylic acids is 3. The first-order valence-corrected chi connectivity index (χ1v) is 13.2. The van der Waals surface area contributed by atoms with Crippen LogP contribution in [0.5, 0.6) is 0 Å². The van der Waals surface area contributed by atoms with Gasteiger partial charge in [-0.3, -0.25) is 19.8 Å². The van der Waals surface area contributed by atoms with Gasteiger partial charge in [0.2, 0.25) is 5.91 Å². The third kappa shape index (κ3) is 12.6. The molecule has 1 heterocycles. The lowest BCUT2D eigenvalue weighted by Crippen LogP contribution is -2.38. The zero-order valence-electron chi connectivity index (χ0n) is 21.5. The second-order valence-corrected chi connectivity index (χ2v) is 9.22. The SMILES string of the molecule is CCCCCCCCOC(=O)Nc1ccc(NC(=O)CCC2CCN(CC(=O)OCC)CC2)cc1. The lowest BCUT2D eigenvalue weighted by atomic mass is 9.92. The van der Waals surface area contributed by atoms with Gasteiger partial charge < -0.3 is 14.8 Å². The average Bonchev–Trinajstić information content (AvgIpc) is 2.84. The number of benzene rings is 1. The number of hydrogen-bond donors (Lipinski definition) is 2. The summed E-state index contributed by atoms with van der Waals surface area (Å²) in [6, 6.07) is 7.05. The predicted octanol–water partition coefficient (Wildman–Crippen LogP) is 5.59. The Labute approximate surface area is 210 Å². The van der Waals surface area contributed by atoms with Crippen molar-refractivity contribution in [3.05, 3.63) is 24.3 Å². The highest BCUT2D eigenvalue weighted by Crippen LogP contribution is 2.22. The largest absolute Gasteiger partial charge is 0.465 e. The van der Waals surface area contributed by atoms with Crippen LogP contribution in [0.4, 0.5) is 16.2 Å². The van der Waals surface area contributed by atoms with Gasteiger partial charge in [0.05, 0.1) is 19.8 Å². The molecular weight excluding hydrogens is 446 g/mol. The van der Waals surface area contributed by atoms with Crippen LogP contribution in [0.25, 0.3) is 0 Å². The summed E-state index contributed by atoms with van der Waals surface area (Å²) < 4.78 is 10.2. The lowest BCUT2D eigenvalue weighted by Gasteiger charge is -2.31. The Hall–Kier alpha value is -2.61. The van der Waals surface area contributed by atoms with Gasteiger partial charge in [-0.1, -0.05) is 39.0 Å². The molecule has 0 aliphatic carbocycles. The molecule has 2 amide bonds. The minimum Gasteiger partial charge on any atom is -0.465 e. The molecule has 0 radical (unpaired) electrons. The highest BCUT2D eigenvalue weighted by molar-refractivity contribution is 5.91. The van der Waals surface area contributed by atoms with Crippen molar-refractivity contribution >= 4 is 29.3 Å². The first-order valence-electron chi connectivity index (χ1n) is 13.2. The van der Waals surface area contributed by atoms with Crippen LogP contribution in [0, 0.1) is 5.92 Å². The van der Waals surface area contributed by atoms with E-state index in [-0.39, 0.29) is 11.9 Å². The van der Waals surface area contributed by atoms with Gasteiger partial charge in [-0.05, 0) is 75.9 Å². The topological polar surface area (TPSA) is 97.0 Å². The quantitative estimate of drug-likeness (QED) is 0.246. The fraction of sp³-hybridized carbons (Fsp3) is 0.667. The molecule has 0 unspecified atom stereocenters. The van der Waals surface area contributed by atoms with Crippen molar-refractivity contribution in [1.29, 1.82) is 0 Å². The monoisotopic (exact) mass is 489 g/mol. The molecule has 0 saturated carbocycles. The molecule has 2 rings (SSSR count). The number of unbranched alkanes of at least 4 members (excludes halogenated alkanes) is 5. The predicted molar refractivity (Wildman–Crippen MR) is 138 cm³/mol. The standard InChI is InChI=1S/C27H43N3O5/c1-3-5-6-7-8-9-20-35-27(33)29-24-13-11-23(12-14-24)28-25(31)15-10-22-16-18-30(19-17-22)21-26(32)34-4-2/h11-14,22H,3-10,15-21H2,1-2H3,(H,28,31)(H,29,33). The molecule has 1 saturated heterocycles. The van der Waals surface area contributed by atoms with Crippen LogP contribution in [0.1, 0.15) is 78.1 Å². The summed E-state index contributed by atoms with van der Waals surface area (Å²) in [6.07, 6.45) is 9.69. The van der Waals surface area contributed by atoms with Gasteiger partial charge in [0.15, 0.2) is 0 Å². The van der Waals surface area contributed by atoms with Crippen LogP contribution in [0.2, 0.25) is 0 Å². The van der Waals surface area contributed by atoms with E-state index in [0.29, 0.717) is 43.5 Å². The van der Waals surface area contributed by atoms with Crippen molar-refractivity contribution in [3.8, 4) is 0 Å². The number of anilines is 2. The molecule has 8 nitrogen and oxygen atoms in total. The van der Waals surface area contributed by atoms with Gasteiger partial charge in [0.1, 0.15) is 0 Å². The maximum absolute atomic E-state index is 12.4. The van der Waals surface area contributed by atoms with Gasteiger partial charge in [0.25, 0.3) is 0 Å². The van der Waals surface area contributed by atoms with E-state index in [1.165, 1.54) is 25.7 Å². The number of ether oxygens (including phenoxy) is 2. The van der Waals surface area contributed by atoms with Crippen LogP contribution >= 0.6 is 0 Å². The van der Waals surface area contributed by atoms with Crippen LogP contribution in [0.15, 0.2) is 24.3 Å². The van der Waals surface area contributed by atoms with Crippen LogP contribution < -0.4 is 10.6 Å². The van der Waals surface area contributed by atoms with Crippen molar-refractivity contribution in [2.75, 3.05) is 43.5 Å². The summed E-state index contributed by atoms with van der Waals surface area (Å²) in [4.78, 5) is 38.0. The smallest absolute Gasteiger partial charge is 0.411 e. The molecule has 1 aliphatic rings. The number of amides is 2. The van der Waals surface area contributed by atoms with Gasteiger partial charge in [0, 0.05) is 17.8 Å². The fourth-order valence-corrected chi connectivity index (χ4v) is 4.22. The molecule has 196 valence electrons. The number of likely N-dealkylation sites (tertiary alicyclic amines) is 1. The maximum atomic E-state index is 12.4. The van der Waals surface area contributed by atoms with Crippen molar-refractivity contribution in [3.63, 3.8) is 0 Å². The molecule has 2 N–H and O–H groups in total. The molecule has 1 fully saturated rings. The van der Waals surface area contributed by atoms with E-state index < -0.39 is 6.09 Å². The molecule has 1 aliphatic heterocycles. The van der Waals surface area contributed by atoms with E-state index in [0.717, 1.165) is 45.2 Å². The Morgan fingerprint density at radius 2 is 1.51 bits per heavy atom. The molecule has 8 heteroatoms. The average molecular weight is 490 g/mol. The fourth-order valence-electron chi connectivity index (χ4n) is 4.22. The highest BCUT2D eigenvalue weighted by Gasteiger charge is 2.21. The second-order valence-electron chi connectivity index (χ2n) is 9.22. The number of piperidine rings is 1. The Bertz CT molecular complexity index is 761. The first-order chi connectivity index (χ1) is 17.0. The maximum Gasteiger partial charge on any atom is 0.411 e. The molecule has 0 bridgehead atoms. The molecule has 0 aromatic heterocycles. The summed E-state index contributed by atoms with van der Waals surface area (Å²) in [6.45, 7) is 6.92. The number of nitrogens with one attached hydrogen (secondary N) is 2. The van der Waals surface area contributed by atoms with Crippen LogP contribution in [-0.4, -0.2) is 55.7 Å². The zero-order chi connectivity index (χ0) is 25.3. The Morgan fingerprint density at radius 3 is 2.17 bits per heavy atom. The van der Waals surface area contributed by atoms with E-state index >= 15 is 0 Å². The minimum atomic E-state index is -0.455. The van der Waals surface area contributed by atoms with E-state index in [1.807, 2.05) is 6.92 Å². The van der Waals surface area contributed by atoms with E-state index in [2.05, 4.69) is 22.5 Å². The van der Waals surface area contributed by atoms with E-state index in [4.69, 9.17) is 9.47 Å². The highest BCUT2D eigenvalue weighted by atomic mass is 16.5. The Balaban J connectivity index is 1.58. The van der Waals surface area contributed by atoms with Crippen molar-refractivity contribution < 1.29 is 23.9 Å². The minimum absolute atomic E-state index is 0.0157. The Morgan fingerprint density at radius 1 is 0.886 bits per heavy atom. The number of esters is 1. The number of hydrogen-bond acceptors (Lipinski definition) is 6. The van der Waals surface area contributed by atoms with Crippen LogP contribution in [0.3, 0.4) is 0 Å². The van der Waals surface area contributed by atoms with Crippen LogP contribution in [-0.2, 0) is 19.1 Å². The summed E-state index contributed by atoms with van der Waals surface area (Å²) in [5.74, 6) is 0.308. The van der Waals surface area contributed by atoms with Crippen molar-refractivity contribution in [2.24, 2.45) is 5.92 Å². The molecular formula is C27H43N3O5. The summed E-state index contributed by atoms with van der Waals surface area (Å²) in [5, 5.41) is 5.64. The number of rotatable bonds is 15.